The van der Waals surface area contributed by atoms with Gasteiger partial charge in [-0.05, 0) is 24.8 Å². The lowest BCUT2D eigenvalue weighted by atomic mass is 10.4. The minimum atomic E-state index is -1.44. The second-order valence-electron chi connectivity index (χ2n) is 4.36. The quantitative estimate of drug-likeness (QED) is 0.663. The van der Waals surface area contributed by atoms with Crippen molar-refractivity contribution in [2.45, 2.75) is 19.6 Å². The van der Waals surface area contributed by atoms with Gasteiger partial charge in [-0.2, -0.15) is 0 Å². The molecule has 0 heterocycles. The largest absolute Gasteiger partial charge is 0.468 e. The molecule has 0 radical (unpaired) electrons. The molecule has 0 aliphatic rings. The van der Waals surface area contributed by atoms with Crippen molar-refractivity contribution in [2.24, 2.45) is 0 Å². The Kier molecular flexibility index (Phi) is 5.16. The molecule has 0 spiro atoms. The summed E-state index contributed by atoms with van der Waals surface area (Å²) in [6.07, 6.45) is 0. The number of rotatable bonds is 5. The molecule has 84 valence electrons. The summed E-state index contributed by atoms with van der Waals surface area (Å²) >= 11 is 0. The Bertz CT molecular complexity index is 291. The normalized spacial score (nSPS) is 14.9. The molecular weight excluding hydrogens is 252 g/mol. The fourth-order valence-electron chi connectivity index (χ4n) is 1.65. The molecule has 2 nitrogen and oxygen atoms in total. The Labute approximate surface area is 100 Å². The van der Waals surface area contributed by atoms with Crippen molar-refractivity contribution in [2.75, 3.05) is 0 Å². The van der Waals surface area contributed by atoms with Crippen molar-refractivity contribution in [1.82, 2.24) is 0 Å². The zero-order valence-corrected chi connectivity index (χ0v) is 15.6. The zero-order valence-electron chi connectivity index (χ0n) is 9.99. The van der Waals surface area contributed by atoms with E-state index in [4.69, 9.17) is 8.23 Å². The molecular formula is C9H20O2Si4. The van der Waals surface area contributed by atoms with Crippen LogP contribution in [-0.4, -0.2) is 36.6 Å². The van der Waals surface area contributed by atoms with Crippen LogP contribution < -0.4 is 5.19 Å². The van der Waals surface area contributed by atoms with E-state index in [1.807, 2.05) is 0 Å². The van der Waals surface area contributed by atoms with Gasteiger partial charge in [0.1, 0.15) is 10.5 Å². The van der Waals surface area contributed by atoms with Crippen molar-refractivity contribution in [3.05, 3.63) is 30.3 Å². The first-order chi connectivity index (χ1) is 7.05. The van der Waals surface area contributed by atoms with Crippen LogP contribution in [0.25, 0.3) is 0 Å². The molecule has 1 rings (SSSR count). The zero-order chi connectivity index (χ0) is 11.3. The maximum absolute atomic E-state index is 6.30. The van der Waals surface area contributed by atoms with E-state index in [9.17, 15) is 0 Å². The minimum absolute atomic E-state index is 0.385. The van der Waals surface area contributed by atoms with Crippen LogP contribution in [0.15, 0.2) is 30.3 Å². The predicted octanol–water partition coefficient (Wildman–Crippen LogP) is -0.654. The lowest BCUT2D eigenvalue weighted by Crippen LogP contribution is -2.47. The smallest absolute Gasteiger partial charge is 0.192 e. The summed E-state index contributed by atoms with van der Waals surface area (Å²) in [4.78, 5) is 0. The van der Waals surface area contributed by atoms with Crippen LogP contribution in [0.5, 0.6) is 0 Å². The van der Waals surface area contributed by atoms with Crippen LogP contribution >= 0.6 is 0 Å². The summed E-state index contributed by atoms with van der Waals surface area (Å²) in [5, 5.41) is 1.40. The molecule has 1 atom stereocenters. The van der Waals surface area contributed by atoms with Crippen LogP contribution in [0.4, 0.5) is 0 Å². The van der Waals surface area contributed by atoms with E-state index in [0.717, 1.165) is 10.5 Å². The second-order valence-corrected chi connectivity index (χ2v) is 19.3. The van der Waals surface area contributed by atoms with Crippen molar-refractivity contribution < 1.29 is 8.23 Å². The first-order valence-electron chi connectivity index (χ1n) is 5.27. The third-order valence-corrected chi connectivity index (χ3v) is 15.6. The summed E-state index contributed by atoms with van der Waals surface area (Å²) in [7, 11) is -2.13. The molecule has 0 amide bonds. The highest BCUT2D eigenvalue weighted by molar-refractivity contribution is 7.20. The third kappa shape index (κ3) is 4.58. The van der Waals surface area contributed by atoms with E-state index in [-0.39, 0.29) is 9.28 Å². The molecule has 6 heteroatoms. The molecule has 1 unspecified atom stereocenters. The van der Waals surface area contributed by atoms with Crippen molar-refractivity contribution in [3.8, 4) is 0 Å². The van der Waals surface area contributed by atoms with E-state index < -0.39 is 16.9 Å². The Morgan fingerprint density at radius 2 is 1.87 bits per heavy atom. The molecule has 1 aromatic carbocycles. The molecule has 0 bridgehead atoms. The van der Waals surface area contributed by atoms with Gasteiger partial charge < -0.3 is 8.23 Å². The number of hydrogen-bond acceptors (Lipinski definition) is 2. The molecule has 15 heavy (non-hydrogen) atoms. The summed E-state index contributed by atoms with van der Waals surface area (Å²) < 4.78 is 11.8. The Hall–Kier alpha value is 0.00753. The highest BCUT2D eigenvalue weighted by Crippen LogP contribution is 2.05. The van der Waals surface area contributed by atoms with Gasteiger partial charge in [0, 0.05) is 0 Å². The lowest BCUT2D eigenvalue weighted by molar-refractivity contribution is 0.585. The fraction of sp³-hybridized carbons (Fsp3) is 0.333. The lowest BCUT2D eigenvalue weighted by Gasteiger charge is -2.26. The van der Waals surface area contributed by atoms with Crippen LogP contribution in [0.1, 0.15) is 0 Å². The average molecular weight is 273 g/mol. The topological polar surface area (TPSA) is 18.5 Å². The molecule has 0 saturated heterocycles. The maximum Gasteiger partial charge on any atom is 0.192 e. The highest BCUT2D eigenvalue weighted by Gasteiger charge is 2.26. The van der Waals surface area contributed by atoms with Gasteiger partial charge >= 0.3 is 0 Å². The van der Waals surface area contributed by atoms with Gasteiger partial charge in [0.2, 0.25) is 0 Å². The average Bonchev–Trinajstić information content (AvgIpc) is 2.18. The van der Waals surface area contributed by atoms with Crippen LogP contribution in [0.3, 0.4) is 0 Å². The van der Waals surface area contributed by atoms with Crippen molar-refractivity contribution >= 4 is 41.8 Å². The molecule has 0 saturated carbocycles. The predicted molar refractivity (Wildman–Crippen MR) is 77.2 cm³/mol. The SMILES string of the molecule is C[SiH](O[Si](C)(C)[SiH2]O[SiH3])c1ccccc1. The van der Waals surface area contributed by atoms with E-state index in [1.54, 1.807) is 0 Å². The van der Waals surface area contributed by atoms with Gasteiger partial charge in [0.05, 0.1) is 0 Å². The van der Waals surface area contributed by atoms with Crippen molar-refractivity contribution in [1.29, 1.82) is 0 Å². The van der Waals surface area contributed by atoms with Crippen LogP contribution in [-0.2, 0) is 8.23 Å². The molecule has 0 fully saturated rings. The van der Waals surface area contributed by atoms with Crippen LogP contribution in [0.2, 0.25) is 19.6 Å². The third-order valence-electron chi connectivity index (χ3n) is 2.26. The van der Waals surface area contributed by atoms with Gasteiger partial charge in [-0.1, -0.05) is 30.3 Å². The van der Waals surface area contributed by atoms with E-state index in [0.29, 0.717) is 0 Å². The maximum atomic E-state index is 6.30. The molecule has 0 N–H and O–H groups in total. The fourth-order valence-corrected chi connectivity index (χ4v) is 19.0. The van der Waals surface area contributed by atoms with Gasteiger partial charge in [-0.3, -0.25) is 0 Å². The van der Waals surface area contributed by atoms with E-state index >= 15 is 0 Å². The monoisotopic (exact) mass is 272 g/mol. The minimum Gasteiger partial charge on any atom is -0.468 e. The van der Waals surface area contributed by atoms with Gasteiger partial charge in [-0.15, -0.1) is 0 Å². The second kappa shape index (κ2) is 5.92. The highest BCUT2D eigenvalue weighted by atomic mass is 29.2. The standard InChI is InChI=1S/C9H20O2Si4/c1-14(9-7-5-4-6-8-9)11-15(2,3)13-10-12/h4-8,14H,13H2,1-3,12H3. The number of hydrogen-bond donors (Lipinski definition) is 0. The van der Waals surface area contributed by atoms with E-state index in [1.165, 1.54) is 5.19 Å². The summed E-state index contributed by atoms with van der Waals surface area (Å²) in [5.41, 5.74) is 0. The molecule has 0 aromatic heterocycles. The first kappa shape index (κ1) is 13.1. The van der Waals surface area contributed by atoms with Gasteiger partial charge in [0.25, 0.3) is 0 Å². The van der Waals surface area contributed by atoms with Crippen molar-refractivity contribution in [3.63, 3.8) is 0 Å². The van der Waals surface area contributed by atoms with Crippen LogP contribution in [0, 0.1) is 0 Å². The number of benzene rings is 1. The van der Waals surface area contributed by atoms with E-state index in [2.05, 4.69) is 50.0 Å². The summed E-state index contributed by atoms with van der Waals surface area (Å²) in [6, 6.07) is 10.6. The van der Waals surface area contributed by atoms with Gasteiger partial charge in [-0.25, -0.2) is 0 Å². The molecule has 0 aliphatic heterocycles. The Balaban J connectivity index is 2.59. The summed E-state index contributed by atoms with van der Waals surface area (Å²) in [6.45, 7) is 6.86. The van der Waals surface area contributed by atoms with Gasteiger partial charge in [0.15, 0.2) is 26.2 Å². The Morgan fingerprint density at radius 1 is 1.27 bits per heavy atom. The summed E-state index contributed by atoms with van der Waals surface area (Å²) in [5.74, 6) is 0. The Morgan fingerprint density at radius 3 is 2.40 bits per heavy atom. The first-order valence-corrected chi connectivity index (χ1v) is 14.1. The molecule has 1 aromatic rings. The molecule has 0 aliphatic carbocycles.